The predicted octanol–water partition coefficient (Wildman–Crippen LogP) is 0.555. The van der Waals surface area contributed by atoms with E-state index in [-0.39, 0.29) is 5.91 Å². The Morgan fingerprint density at radius 1 is 1.29 bits per heavy atom. The topological polar surface area (TPSA) is 75.6 Å². The summed E-state index contributed by atoms with van der Waals surface area (Å²) in [6, 6.07) is 0. The Kier molecular flexibility index (Phi) is 3.88. The van der Waals surface area contributed by atoms with Gasteiger partial charge in [-0.25, -0.2) is 5.48 Å². The van der Waals surface area contributed by atoms with E-state index < -0.39 is 17.8 Å². The third-order valence-electron chi connectivity index (χ3n) is 2.62. The highest BCUT2D eigenvalue weighted by Gasteiger charge is 2.35. The van der Waals surface area contributed by atoms with Gasteiger partial charge in [-0.1, -0.05) is 12.8 Å². The van der Waals surface area contributed by atoms with E-state index in [1.54, 1.807) is 0 Å². The molecule has 0 aromatic rings. The minimum absolute atomic E-state index is 0.320. The molecule has 0 aromatic heterocycles. The van der Waals surface area contributed by atoms with Crippen LogP contribution in [-0.2, 0) is 14.4 Å². The first-order valence-corrected chi connectivity index (χ1v) is 4.72. The molecule has 1 amide bonds. The smallest absolute Gasteiger partial charge is 0.307 e. The van der Waals surface area contributed by atoms with E-state index in [4.69, 9.17) is 5.11 Å². The first-order chi connectivity index (χ1) is 6.66. The summed E-state index contributed by atoms with van der Waals surface area (Å²) in [5, 5.41) is 8.90. The number of hydrogen-bond acceptors (Lipinski definition) is 3. The number of amides is 1. The molecule has 2 unspecified atom stereocenters. The first kappa shape index (κ1) is 11.0. The van der Waals surface area contributed by atoms with Crippen LogP contribution in [0.1, 0.15) is 25.7 Å². The van der Waals surface area contributed by atoms with Crippen molar-refractivity contribution in [3.63, 3.8) is 0 Å². The van der Waals surface area contributed by atoms with Gasteiger partial charge >= 0.3 is 5.97 Å². The Morgan fingerprint density at radius 3 is 2.36 bits per heavy atom. The summed E-state index contributed by atoms with van der Waals surface area (Å²) in [5.41, 5.74) is 2.20. The minimum Gasteiger partial charge on any atom is -0.481 e. The Balaban J connectivity index is 2.62. The number of carbonyl (C=O) groups is 2. The zero-order chi connectivity index (χ0) is 10.6. The van der Waals surface area contributed by atoms with Gasteiger partial charge in [0.25, 0.3) is 0 Å². The van der Waals surface area contributed by atoms with Crippen molar-refractivity contribution in [2.45, 2.75) is 25.7 Å². The second-order valence-electron chi connectivity index (χ2n) is 3.51. The number of aliphatic carboxylic acids is 1. The van der Waals surface area contributed by atoms with Crippen LogP contribution in [0.2, 0.25) is 0 Å². The average molecular weight is 201 g/mol. The first-order valence-electron chi connectivity index (χ1n) is 4.72. The van der Waals surface area contributed by atoms with Crippen molar-refractivity contribution in [1.29, 1.82) is 0 Å². The van der Waals surface area contributed by atoms with Crippen LogP contribution in [0.5, 0.6) is 0 Å². The van der Waals surface area contributed by atoms with E-state index in [1.807, 2.05) is 0 Å². The van der Waals surface area contributed by atoms with Crippen molar-refractivity contribution < 1.29 is 19.5 Å². The van der Waals surface area contributed by atoms with E-state index in [0.29, 0.717) is 12.8 Å². The van der Waals surface area contributed by atoms with Gasteiger partial charge in [-0.15, -0.1) is 0 Å². The van der Waals surface area contributed by atoms with Gasteiger partial charge in [-0.2, -0.15) is 0 Å². The zero-order valence-electron chi connectivity index (χ0n) is 8.16. The van der Waals surface area contributed by atoms with E-state index in [2.05, 4.69) is 10.3 Å². The van der Waals surface area contributed by atoms with E-state index in [0.717, 1.165) is 12.8 Å². The Hall–Kier alpha value is -1.10. The van der Waals surface area contributed by atoms with Gasteiger partial charge in [0.05, 0.1) is 18.9 Å². The normalized spacial score (nSPS) is 26.9. The third-order valence-corrected chi connectivity index (χ3v) is 2.62. The number of nitrogens with one attached hydrogen (secondary N) is 1. The highest BCUT2D eigenvalue weighted by Crippen LogP contribution is 2.30. The minimum atomic E-state index is -0.888. The Morgan fingerprint density at radius 2 is 1.86 bits per heavy atom. The van der Waals surface area contributed by atoms with Gasteiger partial charge in [0, 0.05) is 0 Å². The van der Waals surface area contributed by atoms with Crippen LogP contribution in [0.4, 0.5) is 0 Å². The van der Waals surface area contributed by atoms with E-state index >= 15 is 0 Å². The van der Waals surface area contributed by atoms with E-state index in [1.165, 1.54) is 7.11 Å². The van der Waals surface area contributed by atoms with E-state index in [9.17, 15) is 9.59 Å². The number of hydrogen-bond donors (Lipinski definition) is 2. The van der Waals surface area contributed by atoms with Gasteiger partial charge < -0.3 is 5.11 Å². The molecule has 1 saturated carbocycles. The van der Waals surface area contributed by atoms with Gasteiger partial charge in [-0.05, 0) is 12.8 Å². The fraction of sp³-hybridized carbons (Fsp3) is 0.778. The van der Waals surface area contributed by atoms with Crippen molar-refractivity contribution >= 4 is 11.9 Å². The van der Waals surface area contributed by atoms with Crippen molar-refractivity contribution in [2.75, 3.05) is 7.11 Å². The lowest BCUT2D eigenvalue weighted by Crippen LogP contribution is -2.39. The maximum absolute atomic E-state index is 11.4. The summed E-state index contributed by atoms with van der Waals surface area (Å²) in [6.07, 6.45) is 3.00. The summed E-state index contributed by atoms with van der Waals surface area (Å²) in [7, 11) is 1.34. The molecule has 0 saturated heterocycles. The average Bonchev–Trinajstić information content (AvgIpc) is 2.18. The Bertz CT molecular complexity index is 229. The molecule has 5 nitrogen and oxygen atoms in total. The summed E-state index contributed by atoms with van der Waals surface area (Å²) >= 11 is 0. The number of carbonyl (C=O) groups excluding carboxylic acids is 1. The second-order valence-corrected chi connectivity index (χ2v) is 3.51. The molecule has 14 heavy (non-hydrogen) atoms. The molecule has 1 fully saturated rings. The highest BCUT2D eigenvalue weighted by molar-refractivity contribution is 5.84. The molecule has 1 rings (SSSR count). The molecule has 0 heterocycles. The lowest BCUT2D eigenvalue weighted by molar-refractivity contribution is -0.152. The molecular weight excluding hydrogens is 186 g/mol. The van der Waals surface area contributed by atoms with Gasteiger partial charge in [-0.3, -0.25) is 14.4 Å². The fourth-order valence-electron chi connectivity index (χ4n) is 1.92. The van der Waals surface area contributed by atoms with Crippen molar-refractivity contribution in [3.8, 4) is 0 Å². The number of carboxylic acid groups (broad SMARTS) is 1. The maximum atomic E-state index is 11.4. The van der Waals surface area contributed by atoms with Crippen molar-refractivity contribution in [3.05, 3.63) is 0 Å². The van der Waals surface area contributed by atoms with Gasteiger partial charge in [0.2, 0.25) is 5.91 Å². The zero-order valence-corrected chi connectivity index (χ0v) is 8.16. The SMILES string of the molecule is CONC(=O)C1CCCCC1C(=O)O. The van der Waals surface area contributed by atoms with Gasteiger partial charge in [0.15, 0.2) is 0 Å². The number of rotatable bonds is 3. The molecule has 0 aromatic carbocycles. The molecule has 0 spiro atoms. The van der Waals surface area contributed by atoms with Gasteiger partial charge in [0.1, 0.15) is 0 Å². The third kappa shape index (κ3) is 2.45. The molecule has 80 valence electrons. The van der Waals surface area contributed by atoms with Crippen LogP contribution >= 0.6 is 0 Å². The molecular formula is C9H15NO4. The highest BCUT2D eigenvalue weighted by atomic mass is 16.6. The molecule has 5 heteroatoms. The largest absolute Gasteiger partial charge is 0.481 e. The van der Waals surface area contributed by atoms with Crippen LogP contribution < -0.4 is 5.48 Å². The molecule has 0 radical (unpaired) electrons. The molecule has 0 aliphatic heterocycles. The molecule has 1 aliphatic carbocycles. The summed E-state index contributed by atoms with van der Waals surface area (Å²) < 4.78 is 0. The lowest BCUT2D eigenvalue weighted by atomic mass is 9.79. The second kappa shape index (κ2) is 4.95. The van der Waals surface area contributed by atoms with Crippen LogP contribution in [-0.4, -0.2) is 24.1 Å². The van der Waals surface area contributed by atoms with Crippen LogP contribution in [0.15, 0.2) is 0 Å². The predicted molar refractivity (Wildman–Crippen MR) is 48.2 cm³/mol. The monoisotopic (exact) mass is 201 g/mol. The summed E-state index contributed by atoms with van der Waals surface area (Å²) in [4.78, 5) is 26.8. The van der Waals surface area contributed by atoms with Crippen molar-refractivity contribution in [1.82, 2.24) is 5.48 Å². The number of carboxylic acids is 1. The van der Waals surface area contributed by atoms with Crippen LogP contribution in [0, 0.1) is 11.8 Å². The van der Waals surface area contributed by atoms with Crippen molar-refractivity contribution in [2.24, 2.45) is 11.8 Å². The quantitative estimate of drug-likeness (QED) is 0.654. The lowest BCUT2D eigenvalue weighted by Gasteiger charge is -2.26. The fourth-order valence-corrected chi connectivity index (χ4v) is 1.92. The molecule has 0 bridgehead atoms. The molecule has 2 atom stereocenters. The molecule has 1 aliphatic rings. The number of hydroxylamine groups is 1. The van der Waals surface area contributed by atoms with Crippen LogP contribution in [0.25, 0.3) is 0 Å². The molecule has 2 N–H and O–H groups in total. The van der Waals surface area contributed by atoms with Crippen LogP contribution in [0.3, 0.4) is 0 Å². The summed E-state index contributed by atoms with van der Waals surface area (Å²) in [6.45, 7) is 0. The summed E-state index contributed by atoms with van der Waals surface area (Å²) in [5.74, 6) is -2.21. The standard InChI is InChI=1S/C9H15NO4/c1-14-10-8(11)6-4-2-3-5-7(6)9(12)13/h6-7H,2-5H2,1H3,(H,10,11)(H,12,13). The Labute approximate surface area is 82.4 Å². The maximum Gasteiger partial charge on any atom is 0.307 e.